The number of hydrogen-bond acceptors (Lipinski definition) is 3. The second-order valence-corrected chi connectivity index (χ2v) is 5.26. The number of rotatable bonds is 5. The van der Waals surface area contributed by atoms with Crippen molar-refractivity contribution >= 4 is 29.0 Å². The lowest BCUT2D eigenvalue weighted by molar-refractivity contribution is -0.115. The molecule has 5 heteroatoms. The fraction of sp³-hybridized carbons (Fsp3) is 0.176. The summed E-state index contributed by atoms with van der Waals surface area (Å²) in [6.07, 6.45) is 0.213. The van der Waals surface area contributed by atoms with Crippen LogP contribution in [0.1, 0.15) is 22.8 Å². The van der Waals surface area contributed by atoms with Crippen molar-refractivity contribution in [3.63, 3.8) is 0 Å². The molecule has 0 aliphatic rings. The molecule has 0 unspecified atom stereocenters. The van der Waals surface area contributed by atoms with Gasteiger partial charge in [0.15, 0.2) is 5.78 Å². The molecule has 1 amide bonds. The van der Waals surface area contributed by atoms with Gasteiger partial charge >= 0.3 is 0 Å². The van der Waals surface area contributed by atoms with Crippen molar-refractivity contribution in [2.45, 2.75) is 13.3 Å². The van der Waals surface area contributed by atoms with E-state index in [9.17, 15) is 9.59 Å². The SMILES string of the molecule is COc1ccc(C(C)=O)cc1NC(=O)Cc1ccc(Cl)cc1. The fourth-order valence-corrected chi connectivity index (χ4v) is 2.13. The summed E-state index contributed by atoms with van der Waals surface area (Å²) in [7, 11) is 1.51. The predicted molar refractivity (Wildman–Crippen MR) is 86.8 cm³/mol. The Morgan fingerprint density at radius 3 is 2.41 bits per heavy atom. The van der Waals surface area contributed by atoms with E-state index in [0.717, 1.165) is 5.56 Å². The molecule has 2 aromatic carbocycles. The monoisotopic (exact) mass is 317 g/mol. The van der Waals surface area contributed by atoms with Gasteiger partial charge in [-0.25, -0.2) is 0 Å². The van der Waals surface area contributed by atoms with E-state index in [0.29, 0.717) is 22.0 Å². The van der Waals surface area contributed by atoms with Crippen molar-refractivity contribution < 1.29 is 14.3 Å². The smallest absolute Gasteiger partial charge is 0.228 e. The lowest BCUT2D eigenvalue weighted by Crippen LogP contribution is -2.15. The van der Waals surface area contributed by atoms with Crippen LogP contribution in [-0.4, -0.2) is 18.8 Å². The summed E-state index contributed by atoms with van der Waals surface area (Å²) in [5.41, 5.74) is 1.85. The molecule has 0 aromatic heterocycles. The molecule has 1 N–H and O–H groups in total. The van der Waals surface area contributed by atoms with Gasteiger partial charge in [-0.2, -0.15) is 0 Å². The van der Waals surface area contributed by atoms with Gasteiger partial charge in [0.05, 0.1) is 19.2 Å². The Balaban J connectivity index is 2.14. The van der Waals surface area contributed by atoms with E-state index < -0.39 is 0 Å². The van der Waals surface area contributed by atoms with Crippen LogP contribution in [0.3, 0.4) is 0 Å². The largest absolute Gasteiger partial charge is 0.495 e. The Labute approximate surface area is 134 Å². The first kappa shape index (κ1) is 16.0. The molecule has 0 aliphatic carbocycles. The van der Waals surface area contributed by atoms with Gasteiger partial charge in [0.25, 0.3) is 0 Å². The Bertz CT molecular complexity index is 696. The second-order valence-electron chi connectivity index (χ2n) is 4.82. The predicted octanol–water partition coefficient (Wildman–Crippen LogP) is 3.73. The highest BCUT2D eigenvalue weighted by atomic mass is 35.5. The summed E-state index contributed by atoms with van der Waals surface area (Å²) < 4.78 is 5.20. The molecule has 0 saturated carbocycles. The number of Topliss-reactive ketones (excluding diaryl/α,β-unsaturated/α-hetero) is 1. The van der Waals surface area contributed by atoms with Crippen LogP contribution < -0.4 is 10.1 Å². The normalized spacial score (nSPS) is 10.1. The first-order valence-electron chi connectivity index (χ1n) is 6.73. The number of hydrogen-bond donors (Lipinski definition) is 1. The number of nitrogens with one attached hydrogen (secondary N) is 1. The average Bonchev–Trinajstić information content (AvgIpc) is 2.49. The van der Waals surface area contributed by atoms with Gasteiger partial charge in [0.2, 0.25) is 5.91 Å². The minimum Gasteiger partial charge on any atom is -0.495 e. The molecule has 0 saturated heterocycles. The number of ketones is 1. The van der Waals surface area contributed by atoms with Crippen LogP contribution in [0.15, 0.2) is 42.5 Å². The van der Waals surface area contributed by atoms with Crippen LogP contribution in [0, 0.1) is 0 Å². The number of amides is 1. The zero-order valence-corrected chi connectivity index (χ0v) is 13.1. The van der Waals surface area contributed by atoms with Crippen molar-refractivity contribution in [3.05, 3.63) is 58.6 Å². The van der Waals surface area contributed by atoms with Gasteiger partial charge in [0, 0.05) is 10.6 Å². The number of methoxy groups -OCH3 is 1. The lowest BCUT2D eigenvalue weighted by atomic mass is 10.1. The molecular weight excluding hydrogens is 302 g/mol. The van der Waals surface area contributed by atoms with E-state index >= 15 is 0 Å². The van der Waals surface area contributed by atoms with Crippen LogP contribution in [-0.2, 0) is 11.2 Å². The van der Waals surface area contributed by atoms with Crippen LogP contribution in [0.4, 0.5) is 5.69 Å². The van der Waals surface area contributed by atoms with Gasteiger partial charge in [-0.15, -0.1) is 0 Å². The minimum atomic E-state index is -0.193. The maximum absolute atomic E-state index is 12.1. The lowest BCUT2D eigenvalue weighted by Gasteiger charge is -2.11. The molecule has 0 radical (unpaired) electrons. The average molecular weight is 318 g/mol. The highest BCUT2D eigenvalue weighted by Gasteiger charge is 2.11. The quantitative estimate of drug-likeness (QED) is 0.855. The van der Waals surface area contributed by atoms with Gasteiger partial charge < -0.3 is 10.1 Å². The summed E-state index contributed by atoms with van der Waals surface area (Å²) >= 11 is 5.82. The third-order valence-corrected chi connectivity index (χ3v) is 3.41. The van der Waals surface area contributed by atoms with Gasteiger partial charge in [-0.1, -0.05) is 23.7 Å². The maximum atomic E-state index is 12.1. The summed E-state index contributed by atoms with van der Waals surface area (Å²) in [6, 6.07) is 12.0. The molecule has 0 spiro atoms. The van der Waals surface area contributed by atoms with E-state index in [1.807, 2.05) is 0 Å². The first-order chi connectivity index (χ1) is 10.5. The van der Waals surface area contributed by atoms with Crippen LogP contribution >= 0.6 is 11.6 Å². The van der Waals surface area contributed by atoms with Crippen molar-refractivity contribution in [2.75, 3.05) is 12.4 Å². The Kier molecular flexibility index (Phi) is 5.17. The highest BCUT2D eigenvalue weighted by Crippen LogP contribution is 2.26. The summed E-state index contributed by atoms with van der Waals surface area (Å²) in [5.74, 6) is 0.242. The molecule has 114 valence electrons. The first-order valence-corrected chi connectivity index (χ1v) is 7.10. The Morgan fingerprint density at radius 1 is 1.14 bits per heavy atom. The van der Waals surface area contributed by atoms with Crippen LogP contribution in [0.5, 0.6) is 5.75 Å². The molecule has 0 atom stereocenters. The minimum absolute atomic E-state index is 0.0733. The molecule has 0 bridgehead atoms. The third kappa shape index (κ3) is 4.09. The molecule has 2 aromatic rings. The molecule has 22 heavy (non-hydrogen) atoms. The maximum Gasteiger partial charge on any atom is 0.228 e. The van der Waals surface area contributed by atoms with E-state index in [1.165, 1.54) is 14.0 Å². The van der Waals surface area contributed by atoms with Gasteiger partial charge in [-0.05, 0) is 42.8 Å². The highest BCUT2D eigenvalue weighted by molar-refractivity contribution is 6.30. The van der Waals surface area contributed by atoms with E-state index in [4.69, 9.17) is 16.3 Å². The zero-order chi connectivity index (χ0) is 16.1. The number of anilines is 1. The van der Waals surface area contributed by atoms with Crippen LogP contribution in [0.2, 0.25) is 5.02 Å². The van der Waals surface area contributed by atoms with Crippen molar-refractivity contribution in [3.8, 4) is 5.75 Å². The topological polar surface area (TPSA) is 55.4 Å². The summed E-state index contributed by atoms with van der Waals surface area (Å²) in [6.45, 7) is 1.47. The van der Waals surface area contributed by atoms with Crippen LogP contribution in [0.25, 0.3) is 0 Å². The Morgan fingerprint density at radius 2 is 1.82 bits per heavy atom. The van der Waals surface area contributed by atoms with Crippen molar-refractivity contribution in [1.29, 1.82) is 0 Å². The molecule has 0 aliphatic heterocycles. The van der Waals surface area contributed by atoms with Crippen molar-refractivity contribution in [1.82, 2.24) is 0 Å². The number of benzene rings is 2. The van der Waals surface area contributed by atoms with E-state index in [2.05, 4.69) is 5.32 Å². The molecular formula is C17H16ClNO3. The van der Waals surface area contributed by atoms with E-state index in [1.54, 1.807) is 42.5 Å². The molecule has 0 fully saturated rings. The number of carbonyl (C=O) groups is 2. The number of ether oxygens (including phenoxy) is 1. The summed E-state index contributed by atoms with van der Waals surface area (Å²) in [4.78, 5) is 23.6. The van der Waals surface area contributed by atoms with Gasteiger partial charge in [0.1, 0.15) is 5.75 Å². The standard InChI is InChI=1S/C17H16ClNO3/c1-11(20)13-5-8-16(22-2)15(10-13)19-17(21)9-12-3-6-14(18)7-4-12/h3-8,10H,9H2,1-2H3,(H,19,21). The number of halogens is 1. The van der Waals surface area contributed by atoms with Gasteiger partial charge in [-0.3, -0.25) is 9.59 Å². The fourth-order valence-electron chi connectivity index (χ4n) is 2.01. The third-order valence-electron chi connectivity index (χ3n) is 3.16. The molecule has 2 rings (SSSR count). The van der Waals surface area contributed by atoms with E-state index in [-0.39, 0.29) is 18.1 Å². The zero-order valence-electron chi connectivity index (χ0n) is 12.4. The molecule has 4 nitrogen and oxygen atoms in total. The number of carbonyl (C=O) groups excluding carboxylic acids is 2. The molecule has 0 heterocycles. The Hall–Kier alpha value is -2.33. The summed E-state index contributed by atoms with van der Waals surface area (Å²) in [5, 5.41) is 3.40. The second kappa shape index (κ2) is 7.09. The van der Waals surface area contributed by atoms with Crippen molar-refractivity contribution in [2.24, 2.45) is 0 Å².